The molecule has 2 atom stereocenters. The lowest BCUT2D eigenvalue weighted by Gasteiger charge is -2.35. The molecule has 1 amide bonds. The van der Waals surface area contributed by atoms with Crippen LogP contribution in [0, 0.1) is 0 Å². The molecule has 104 valence electrons. The van der Waals surface area contributed by atoms with E-state index in [1.807, 2.05) is 11.0 Å². The molecule has 2 N–H and O–H groups in total. The number of aliphatic hydroxyl groups excluding tert-OH is 1. The Hall–Kier alpha value is -1.66. The quantitative estimate of drug-likeness (QED) is 0.810. The Balaban J connectivity index is 2.26. The summed E-state index contributed by atoms with van der Waals surface area (Å²) in [6.45, 7) is 3.22. The summed E-state index contributed by atoms with van der Waals surface area (Å²) in [7, 11) is 1.61. The summed E-state index contributed by atoms with van der Waals surface area (Å²) in [5, 5.41) is 12.3. The Bertz CT molecular complexity index is 451. The van der Waals surface area contributed by atoms with Crippen molar-refractivity contribution in [2.75, 3.05) is 31.7 Å². The van der Waals surface area contributed by atoms with Crippen LogP contribution in [-0.4, -0.2) is 48.8 Å². The van der Waals surface area contributed by atoms with Crippen LogP contribution in [0.5, 0.6) is 0 Å². The molecule has 1 aliphatic heterocycles. The highest BCUT2D eigenvalue weighted by Gasteiger charge is 2.29. The van der Waals surface area contributed by atoms with E-state index < -0.39 is 6.10 Å². The van der Waals surface area contributed by atoms with Gasteiger partial charge in [0.2, 0.25) is 5.91 Å². The molecule has 0 aromatic carbocycles. The van der Waals surface area contributed by atoms with E-state index in [4.69, 9.17) is 4.74 Å². The maximum atomic E-state index is 11.9. The van der Waals surface area contributed by atoms with Gasteiger partial charge in [-0.25, -0.2) is 4.98 Å². The van der Waals surface area contributed by atoms with Gasteiger partial charge < -0.3 is 20.1 Å². The van der Waals surface area contributed by atoms with Crippen molar-refractivity contribution < 1.29 is 14.6 Å². The summed E-state index contributed by atoms with van der Waals surface area (Å²) in [6.07, 6.45) is 1.09. The number of anilines is 1. The number of morpholine rings is 1. The molecule has 0 bridgehead atoms. The predicted molar refractivity (Wildman–Crippen MR) is 70.9 cm³/mol. The second-order valence-corrected chi connectivity index (χ2v) is 4.52. The lowest BCUT2D eigenvalue weighted by molar-refractivity contribution is -0.124. The van der Waals surface area contributed by atoms with Gasteiger partial charge in [-0.05, 0) is 24.6 Å². The van der Waals surface area contributed by atoms with Crippen molar-refractivity contribution in [2.24, 2.45) is 0 Å². The number of carbonyl (C=O) groups excluding carboxylic acids is 1. The van der Waals surface area contributed by atoms with Crippen molar-refractivity contribution in [1.29, 1.82) is 0 Å². The molecule has 0 radical (unpaired) electrons. The molecule has 6 heteroatoms. The molecule has 1 aromatic rings. The number of nitrogens with zero attached hydrogens (tertiary/aromatic N) is 2. The summed E-state index contributed by atoms with van der Waals surface area (Å²) in [5.41, 5.74) is 0.784. The third-order valence-corrected chi connectivity index (χ3v) is 3.22. The highest BCUT2D eigenvalue weighted by atomic mass is 16.5. The topological polar surface area (TPSA) is 74.7 Å². The summed E-state index contributed by atoms with van der Waals surface area (Å²) in [5.74, 6) is 0.597. The van der Waals surface area contributed by atoms with Gasteiger partial charge in [0, 0.05) is 19.8 Å². The number of nitrogens with one attached hydrogen (secondary N) is 1. The van der Waals surface area contributed by atoms with E-state index in [9.17, 15) is 9.90 Å². The van der Waals surface area contributed by atoms with Crippen LogP contribution in [0.15, 0.2) is 18.3 Å². The summed E-state index contributed by atoms with van der Waals surface area (Å²) < 4.78 is 5.35. The van der Waals surface area contributed by atoms with Crippen LogP contribution in [-0.2, 0) is 9.53 Å². The van der Waals surface area contributed by atoms with Crippen LogP contribution in [0.3, 0.4) is 0 Å². The summed E-state index contributed by atoms with van der Waals surface area (Å²) >= 11 is 0. The van der Waals surface area contributed by atoms with Gasteiger partial charge >= 0.3 is 0 Å². The number of likely N-dealkylation sites (N-methyl/N-ethyl adjacent to an activating group) is 1. The first-order valence-electron chi connectivity index (χ1n) is 6.33. The SMILES string of the molecule is CNC(=O)C1COCCN1c1cc(C(C)O)ccn1. The smallest absolute Gasteiger partial charge is 0.244 e. The first-order valence-corrected chi connectivity index (χ1v) is 6.33. The van der Waals surface area contributed by atoms with Gasteiger partial charge in [0.05, 0.1) is 19.3 Å². The third-order valence-electron chi connectivity index (χ3n) is 3.22. The van der Waals surface area contributed by atoms with Gasteiger partial charge in [-0.3, -0.25) is 4.79 Å². The molecule has 1 saturated heterocycles. The van der Waals surface area contributed by atoms with E-state index in [1.54, 1.807) is 26.2 Å². The van der Waals surface area contributed by atoms with Crippen LogP contribution in [0.4, 0.5) is 5.82 Å². The Labute approximate surface area is 112 Å². The van der Waals surface area contributed by atoms with Crippen molar-refractivity contribution in [1.82, 2.24) is 10.3 Å². The molecule has 2 unspecified atom stereocenters. The zero-order valence-electron chi connectivity index (χ0n) is 11.2. The average molecular weight is 265 g/mol. The highest BCUT2D eigenvalue weighted by Crippen LogP contribution is 2.21. The minimum atomic E-state index is -0.554. The maximum absolute atomic E-state index is 11.9. The van der Waals surface area contributed by atoms with Crippen molar-refractivity contribution in [3.8, 4) is 0 Å². The fraction of sp³-hybridized carbons (Fsp3) is 0.538. The van der Waals surface area contributed by atoms with Crippen molar-refractivity contribution in [2.45, 2.75) is 19.1 Å². The second-order valence-electron chi connectivity index (χ2n) is 4.52. The van der Waals surface area contributed by atoms with E-state index in [0.29, 0.717) is 25.6 Å². The Morgan fingerprint density at radius 2 is 2.47 bits per heavy atom. The number of hydrogen-bond acceptors (Lipinski definition) is 5. The number of rotatable bonds is 3. The summed E-state index contributed by atoms with van der Waals surface area (Å²) in [6, 6.07) is 3.20. The normalized spacial score (nSPS) is 21.0. The number of amides is 1. The van der Waals surface area contributed by atoms with Crippen LogP contribution < -0.4 is 10.2 Å². The Morgan fingerprint density at radius 1 is 1.68 bits per heavy atom. The fourth-order valence-corrected chi connectivity index (χ4v) is 2.11. The van der Waals surface area contributed by atoms with E-state index in [-0.39, 0.29) is 11.9 Å². The number of aliphatic hydroxyl groups is 1. The minimum Gasteiger partial charge on any atom is -0.389 e. The first kappa shape index (κ1) is 13.8. The molecule has 1 aromatic heterocycles. The van der Waals surface area contributed by atoms with Crippen LogP contribution in [0.25, 0.3) is 0 Å². The van der Waals surface area contributed by atoms with Crippen molar-refractivity contribution in [3.63, 3.8) is 0 Å². The Kier molecular flexibility index (Phi) is 4.34. The zero-order chi connectivity index (χ0) is 13.8. The van der Waals surface area contributed by atoms with E-state index in [2.05, 4.69) is 10.3 Å². The van der Waals surface area contributed by atoms with E-state index >= 15 is 0 Å². The predicted octanol–water partition coefficient (Wildman–Crippen LogP) is 0.0861. The van der Waals surface area contributed by atoms with Gasteiger partial charge in [0.25, 0.3) is 0 Å². The first-order chi connectivity index (χ1) is 9.13. The third kappa shape index (κ3) is 3.02. The molecule has 0 aliphatic carbocycles. The molecule has 1 fully saturated rings. The van der Waals surface area contributed by atoms with Gasteiger partial charge in [-0.1, -0.05) is 0 Å². The largest absolute Gasteiger partial charge is 0.389 e. The number of aromatic nitrogens is 1. The molecular formula is C13H19N3O3. The van der Waals surface area contributed by atoms with Crippen LogP contribution >= 0.6 is 0 Å². The standard InChI is InChI=1S/C13H19N3O3/c1-9(17)10-3-4-15-12(7-10)16-5-6-19-8-11(16)13(18)14-2/h3-4,7,9,11,17H,5-6,8H2,1-2H3,(H,14,18). The molecule has 1 aliphatic rings. The summed E-state index contributed by atoms with van der Waals surface area (Å²) in [4.78, 5) is 18.1. The lowest BCUT2D eigenvalue weighted by atomic mass is 10.1. The fourth-order valence-electron chi connectivity index (χ4n) is 2.11. The highest BCUT2D eigenvalue weighted by molar-refractivity contribution is 5.85. The molecule has 2 heterocycles. The molecule has 0 saturated carbocycles. The lowest BCUT2D eigenvalue weighted by Crippen LogP contribution is -2.53. The monoisotopic (exact) mass is 265 g/mol. The molecule has 0 spiro atoms. The van der Waals surface area contributed by atoms with Gasteiger partial charge in [-0.15, -0.1) is 0 Å². The number of carbonyl (C=O) groups is 1. The maximum Gasteiger partial charge on any atom is 0.244 e. The van der Waals surface area contributed by atoms with Crippen molar-refractivity contribution in [3.05, 3.63) is 23.9 Å². The van der Waals surface area contributed by atoms with Crippen molar-refractivity contribution >= 4 is 11.7 Å². The van der Waals surface area contributed by atoms with Gasteiger partial charge in [0.15, 0.2) is 0 Å². The number of pyridine rings is 1. The minimum absolute atomic E-state index is 0.0936. The molecular weight excluding hydrogens is 246 g/mol. The number of ether oxygens (including phenoxy) is 1. The number of hydrogen-bond donors (Lipinski definition) is 2. The van der Waals surface area contributed by atoms with Gasteiger partial charge in [-0.2, -0.15) is 0 Å². The second kappa shape index (κ2) is 5.99. The molecule has 6 nitrogen and oxygen atoms in total. The van der Waals surface area contributed by atoms with Gasteiger partial charge in [0.1, 0.15) is 11.9 Å². The van der Waals surface area contributed by atoms with E-state index in [0.717, 1.165) is 5.56 Å². The zero-order valence-corrected chi connectivity index (χ0v) is 11.2. The molecule has 19 heavy (non-hydrogen) atoms. The van der Waals surface area contributed by atoms with E-state index in [1.165, 1.54) is 0 Å². The van der Waals surface area contributed by atoms with Crippen LogP contribution in [0.1, 0.15) is 18.6 Å². The average Bonchev–Trinajstić information content (AvgIpc) is 2.46. The molecule has 2 rings (SSSR count). The Morgan fingerprint density at radius 3 is 3.16 bits per heavy atom. The van der Waals surface area contributed by atoms with Crippen LogP contribution in [0.2, 0.25) is 0 Å².